The summed E-state index contributed by atoms with van der Waals surface area (Å²) in [6.45, 7) is 0. The molecule has 0 bridgehead atoms. The van der Waals surface area contributed by atoms with Crippen LogP contribution in [0, 0.1) is 22.7 Å². The van der Waals surface area contributed by atoms with Crippen molar-refractivity contribution in [1.82, 2.24) is 0 Å². The first-order chi connectivity index (χ1) is 7.70. The average Bonchev–Trinajstić information content (AvgIpc) is 2.57. The number of allylic oxidation sites excluding steroid dienone is 2. The number of carbonyl (C=O) groups is 2. The summed E-state index contributed by atoms with van der Waals surface area (Å²) >= 11 is 0. The van der Waals surface area contributed by atoms with Gasteiger partial charge in [0, 0.05) is 11.1 Å². The normalized spacial score (nSPS) is 13.0. The van der Waals surface area contributed by atoms with Crippen LogP contribution >= 0.6 is 0 Å². The number of ketones is 2. The lowest BCUT2D eigenvalue weighted by Gasteiger charge is -1.90. The second kappa shape index (κ2) is 3.45. The summed E-state index contributed by atoms with van der Waals surface area (Å²) in [4.78, 5) is 23.6. The van der Waals surface area contributed by atoms with Gasteiger partial charge < -0.3 is 0 Å². The van der Waals surface area contributed by atoms with Crippen LogP contribution in [0.4, 0.5) is 0 Å². The van der Waals surface area contributed by atoms with Crippen molar-refractivity contribution in [3.8, 4) is 12.1 Å². The number of hydrogen-bond acceptors (Lipinski definition) is 4. The highest BCUT2D eigenvalue weighted by molar-refractivity contribution is 6.40. The first-order valence-electron chi connectivity index (χ1n) is 4.43. The number of fused-ring (bicyclic) bond motifs is 1. The summed E-state index contributed by atoms with van der Waals surface area (Å²) in [6, 6.07) is 9.41. The second-order valence-corrected chi connectivity index (χ2v) is 3.18. The fourth-order valence-electron chi connectivity index (χ4n) is 1.62. The van der Waals surface area contributed by atoms with Crippen LogP contribution in [0.2, 0.25) is 0 Å². The molecule has 0 saturated heterocycles. The molecule has 0 atom stereocenters. The number of nitrogens with zero attached hydrogens (tertiary/aromatic N) is 2. The van der Waals surface area contributed by atoms with E-state index in [0.717, 1.165) is 0 Å². The molecule has 0 fully saturated rings. The molecule has 1 aliphatic rings. The fourth-order valence-corrected chi connectivity index (χ4v) is 1.62. The smallest absolute Gasteiger partial charge is 0.199 e. The molecule has 1 aliphatic carbocycles. The van der Waals surface area contributed by atoms with E-state index < -0.39 is 17.1 Å². The summed E-state index contributed by atoms with van der Waals surface area (Å²) in [5.41, 5.74) is -0.228. The van der Waals surface area contributed by atoms with Gasteiger partial charge in [0.25, 0.3) is 0 Å². The fraction of sp³-hybridized carbons (Fsp3) is 0. The molecule has 0 aromatic heterocycles. The third kappa shape index (κ3) is 1.14. The molecule has 0 amide bonds. The van der Waals surface area contributed by atoms with E-state index in [1.54, 1.807) is 24.3 Å². The van der Waals surface area contributed by atoms with Crippen molar-refractivity contribution >= 4 is 11.6 Å². The molecule has 1 aromatic carbocycles. The van der Waals surface area contributed by atoms with Gasteiger partial charge in [-0.1, -0.05) is 24.3 Å². The van der Waals surface area contributed by atoms with Crippen LogP contribution in [0.1, 0.15) is 20.7 Å². The summed E-state index contributed by atoms with van der Waals surface area (Å²) < 4.78 is 0. The van der Waals surface area contributed by atoms with Crippen molar-refractivity contribution in [1.29, 1.82) is 10.5 Å². The van der Waals surface area contributed by atoms with Crippen LogP contribution in [0.15, 0.2) is 35.4 Å². The Hall–Kier alpha value is -2.72. The van der Waals surface area contributed by atoms with Crippen molar-refractivity contribution in [2.45, 2.75) is 0 Å². The Labute approximate surface area is 91.0 Å². The summed E-state index contributed by atoms with van der Waals surface area (Å²) in [5, 5.41) is 17.3. The SMILES string of the molecule is N#CC(C#N)=C1C(=O)c2ccccc2C1=O. The van der Waals surface area contributed by atoms with Crippen LogP contribution in [0.5, 0.6) is 0 Å². The van der Waals surface area contributed by atoms with Gasteiger partial charge in [-0.3, -0.25) is 9.59 Å². The molecule has 0 spiro atoms. The zero-order valence-electron chi connectivity index (χ0n) is 8.02. The first-order valence-corrected chi connectivity index (χ1v) is 4.43. The van der Waals surface area contributed by atoms with E-state index in [0.29, 0.717) is 0 Å². The van der Waals surface area contributed by atoms with E-state index in [9.17, 15) is 9.59 Å². The van der Waals surface area contributed by atoms with Gasteiger partial charge in [0.1, 0.15) is 17.7 Å². The number of hydrogen-bond donors (Lipinski definition) is 0. The number of carbonyl (C=O) groups excluding carboxylic acids is 2. The number of benzene rings is 1. The van der Waals surface area contributed by atoms with Crippen LogP contribution < -0.4 is 0 Å². The molecule has 74 valence electrons. The Bertz CT molecular complexity index is 574. The quantitative estimate of drug-likeness (QED) is 0.366. The van der Waals surface area contributed by atoms with Crippen LogP contribution in [0.25, 0.3) is 0 Å². The molecular weight excluding hydrogens is 204 g/mol. The van der Waals surface area contributed by atoms with E-state index in [4.69, 9.17) is 10.5 Å². The summed E-state index contributed by atoms with van der Waals surface area (Å²) in [6.07, 6.45) is 0. The van der Waals surface area contributed by atoms with Gasteiger partial charge in [0.2, 0.25) is 0 Å². The van der Waals surface area contributed by atoms with Crippen molar-refractivity contribution in [3.05, 3.63) is 46.5 Å². The number of Topliss-reactive ketones (excluding diaryl/α,β-unsaturated/α-hetero) is 2. The molecule has 4 heteroatoms. The highest BCUT2D eigenvalue weighted by Crippen LogP contribution is 2.27. The minimum atomic E-state index is -0.543. The van der Waals surface area contributed by atoms with Crippen molar-refractivity contribution < 1.29 is 9.59 Å². The molecule has 1 aromatic rings. The van der Waals surface area contributed by atoms with E-state index in [-0.39, 0.29) is 16.7 Å². The van der Waals surface area contributed by atoms with Crippen molar-refractivity contribution in [3.63, 3.8) is 0 Å². The molecule has 0 radical (unpaired) electrons. The molecule has 0 heterocycles. The largest absolute Gasteiger partial charge is 0.288 e. The standard InChI is InChI=1S/C12H4N2O2/c13-5-7(6-14)10-11(15)8-3-1-2-4-9(8)12(10)16/h1-4H. The minimum absolute atomic E-state index is 0.255. The van der Waals surface area contributed by atoms with E-state index in [1.807, 2.05) is 0 Å². The van der Waals surface area contributed by atoms with Crippen LogP contribution in [0.3, 0.4) is 0 Å². The zero-order chi connectivity index (χ0) is 11.7. The Balaban J connectivity index is 2.75. The van der Waals surface area contributed by atoms with Crippen molar-refractivity contribution in [2.24, 2.45) is 0 Å². The molecule has 0 aliphatic heterocycles. The molecule has 0 unspecified atom stereocenters. The average molecular weight is 208 g/mol. The minimum Gasteiger partial charge on any atom is -0.288 e. The van der Waals surface area contributed by atoms with Crippen LogP contribution in [-0.2, 0) is 0 Å². The lowest BCUT2D eigenvalue weighted by Crippen LogP contribution is -2.03. The molecule has 2 rings (SSSR count). The molecule has 0 saturated carbocycles. The lowest BCUT2D eigenvalue weighted by molar-refractivity contribution is 0.0988. The van der Waals surface area contributed by atoms with Crippen molar-refractivity contribution in [2.75, 3.05) is 0 Å². The molecule has 16 heavy (non-hydrogen) atoms. The van der Waals surface area contributed by atoms with E-state index >= 15 is 0 Å². The van der Waals surface area contributed by atoms with Gasteiger partial charge in [0.05, 0.1) is 5.57 Å². The highest BCUT2D eigenvalue weighted by atomic mass is 16.2. The number of nitriles is 2. The van der Waals surface area contributed by atoms with Gasteiger partial charge in [-0.2, -0.15) is 10.5 Å². The van der Waals surface area contributed by atoms with Crippen LogP contribution in [-0.4, -0.2) is 11.6 Å². The summed E-state index contributed by atoms with van der Waals surface area (Å²) in [7, 11) is 0. The third-order valence-electron chi connectivity index (χ3n) is 2.34. The third-order valence-corrected chi connectivity index (χ3v) is 2.34. The monoisotopic (exact) mass is 208 g/mol. The second-order valence-electron chi connectivity index (χ2n) is 3.18. The maximum Gasteiger partial charge on any atom is 0.199 e. The number of rotatable bonds is 0. The maximum atomic E-state index is 11.8. The zero-order valence-corrected chi connectivity index (χ0v) is 8.02. The molecule has 0 N–H and O–H groups in total. The Morgan fingerprint density at radius 3 is 1.75 bits per heavy atom. The lowest BCUT2D eigenvalue weighted by atomic mass is 10.1. The predicted molar refractivity (Wildman–Crippen MR) is 53.4 cm³/mol. The van der Waals surface area contributed by atoms with Gasteiger partial charge in [-0.25, -0.2) is 0 Å². The Morgan fingerprint density at radius 2 is 1.38 bits per heavy atom. The first kappa shape index (κ1) is 9.82. The maximum absolute atomic E-state index is 11.8. The van der Waals surface area contributed by atoms with Gasteiger partial charge >= 0.3 is 0 Å². The van der Waals surface area contributed by atoms with E-state index in [1.165, 1.54) is 12.1 Å². The summed E-state index contributed by atoms with van der Waals surface area (Å²) in [5.74, 6) is -1.09. The Kier molecular flexibility index (Phi) is 2.12. The molecular formula is C12H4N2O2. The topological polar surface area (TPSA) is 81.7 Å². The Morgan fingerprint density at radius 1 is 0.938 bits per heavy atom. The highest BCUT2D eigenvalue weighted by Gasteiger charge is 2.35. The van der Waals surface area contributed by atoms with Gasteiger partial charge in [-0.05, 0) is 0 Å². The van der Waals surface area contributed by atoms with Gasteiger partial charge in [0.15, 0.2) is 11.6 Å². The molecule has 4 nitrogen and oxygen atoms in total. The van der Waals surface area contributed by atoms with Gasteiger partial charge in [-0.15, -0.1) is 0 Å². The van der Waals surface area contributed by atoms with E-state index in [2.05, 4.69) is 0 Å². The predicted octanol–water partition coefficient (Wildman–Crippen LogP) is 1.41.